The van der Waals surface area contributed by atoms with Gasteiger partial charge in [-0.3, -0.25) is 0 Å². The number of nitrogens with zero attached hydrogens (tertiary/aromatic N) is 2. The molecule has 0 saturated carbocycles. The predicted octanol–water partition coefficient (Wildman–Crippen LogP) is -0.565. The lowest BCUT2D eigenvalue weighted by Gasteiger charge is -1.46. The van der Waals surface area contributed by atoms with Crippen LogP contribution in [0.1, 0.15) is 0 Å². The van der Waals surface area contributed by atoms with Crippen molar-refractivity contribution in [2.45, 2.75) is 0 Å². The third-order valence-electron chi connectivity index (χ3n) is 0.441. The maximum absolute atomic E-state index is 3.74. The van der Waals surface area contributed by atoms with E-state index in [9.17, 15) is 0 Å². The fourth-order valence-corrected chi connectivity index (χ4v) is 0.236. The third-order valence-corrected chi connectivity index (χ3v) is 0.441. The third kappa shape index (κ3) is 0.318. The number of rotatable bonds is 0. The largest absolute Gasteiger partial charge is 0.301 e. The van der Waals surface area contributed by atoms with Crippen LogP contribution in [0.2, 0.25) is 0 Å². The van der Waals surface area contributed by atoms with Gasteiger partial charge in [-0.1, -0.05) is 0 Å². The van der Waals surface area contributed by atoms with E-state index in [0.717, 1.165) is 0 Å². The molecule has 2 nitrogen and oxygen atoms in total. The summed E-state index contributed by atoms with van der Waals surface area (Å²) in [6, 6.07) is 0. The number of aliphatic imine (C=N–C) groups is 2. The van der Waals surface area contributed by atoms with Crippen molar-refractivity contribution in [2.24, 2.45) is 4.99 Å². The van der Waals surface area contributed by atoms with Gasteiger partial charge in [0.25, 0.3) is 6.21 Å². The zero-order valence-electron chi connectivity index (χ0n) is 2.76. The van der Waals surface area contributed by atoms with Gasteiger partial charge in [-0.2, -0.15) is 0 Å². The maximum atomic E-state index is 3.74. The van der Waals surface area contributed by atoms with E-state index in [-0.39, 0.29) is 0 Å². The summed E-state index contributed by atoms with van der Waals surface area (Å²) in [4.78, 5) is 7.47. The molecule has 1 aliphatic rings. The van der Waals surface area contributed by atoms with Crippen LogP contribution in [0.15, 0.2) is 4.99 Å². The summed E-state index contributed by atoms with van der Waals surface area (Å²) in [6.07, 6.45) is 3.39. The molecule has 25 valence electrons. The Balaban J connectivity index is 2.61. The molecule has 0 aromatic carbocycles. The van der Waals surface area contributed by atoms with Crippen molar-refractivity contribution in [1.82, 2.24) is 4.99 Å². The van der Waals surface area contributed by atoms with Crippen molar-refractivity contribution in [3.63, 3.8) is 0 Å². The zero-order valence-corrected chi connectivity index (χ0v) is 2.76. The summed E-state index contributed by atoms with van der Waals surface area (Å²) in [5, 5.41) is 0. The van der Waals surface area contributed by atoms with Crippen LogP contribution in [-0.4, -0.2) is 19.1 Å². The summed E-state index contributed by atoms with van der Waals surface area (Å²) in [5.74, 6) is 0. The summed E-state index contributed by atoms with van der Waals surface area (Å²) in [5.41, 5.74) is 0. The fraction of sp³-hybridized carbons (Fsp3) is 0.333. The second kappa shape index (κ2) is 0.971. The van der Waals surface area contributed by atoms with Gasteiger partial charge >= 0.3 is 6.67 Å². The van der Waals surface area contributed by atoms with E-state index >= 15 is 0 Å². The Kier molecular flexibility index (Phi) is 0.499. The Hall–Kier alpha value is -0.660. The monoisotopic (exact) mass is 68.0 g/mol. The molecule has 1 heterocycles. The Labute approximate surface area is 30.3 Å². The first-order valence-electron chi connectivity index (χ1n) is 1.48. The van der Waals surface area contributed by atoms with Gasteiger partial charge in [0.2, 0.25) is 0 Å². The van der Waals surface area contributed by atoms with Crippen LogP contribution in [-0.2, 0) is 0 Å². The first-order chi connectivity index (χ1) is 2.50. The average Bonchev–Trinajstić information content (AvgIpc) is 1.76. The summed E-state index contributed by atoms with van der Waals surface area (Å²) < 4.78 is 0. The van der Waals surface area contributed by atoms with E-state index in [2.05, 4.69) is 9.98 Å². The quantitative estimate of drug-likeness (QED) is 0.363. The maximum Gasteiger partial charge on any atom is 0.301 e. The predicted molar refractivity (Wildman–Crippen MR) is 21.6 cm³/mol. The minimum Gasteiger partial charge on any atom is -0.216 e. The minimum absolute atomic E-state index is 0.639. The molecule has 2 heteroatoms. The van der Waals surface area contributed by atoms with Crippen LogP contribution in [0.3, 0.4) is 0 Å². The molecule has 0 aliphatic carbocycles. The Morgan fingerprint density at radius 2 is 2.80 bits per heavy atom. The van der Waals surface area contributed by atoms with E-state index < -0.39 is 0 Å². The standard InChI is InChI=1S/C3H4N2/c1-2-5-3-4-1/h1-2H,3H2/q+1. The van der Waals surface area contributed by atoms with Gasteiger partial charge in [-0.15, -0.1) is 0 Å². The van der Waals surface area contributed by atoms with Crippen molar-refractivity contribution < 1.29 is 0 Å². The lowest BCUT2D eigenvalue weighted by molar-refractivity contribution is 1.01. The lowest BCUT2D eigenvalue weighted by Crippen LogP contribution is -1.78. The molecule has 0 unspecified atom stereocenters. The molecule has 0 aromatic heterocycles. The molecular formula is C3H4N2+. The van der Waals surface area contributed by atoms with E-state index in [1.165, 1.54) is 0 Å². The Morgan fingerprint density at radius 3 is 3.00 bits per heavy atom. The van der Waals surface area contributed by atoms with Crippen LogP contribution < -0.4 is 4.99 Å². The molecule has 0 N–H and O–H groups in total. The molecule has 1 rings (SSSR count). The second-order valence-corrected chi connectivity index (χ2v) is 0.805. The molecule has 0 amide bonds. The lowest BCUT2D eigenvalue weighted by atomic mass is 10.9. The van der Waals surface area contributed by atoms with Crippen LogP contribution >= 0.6 is 0 Å². The highest BCUT2D eigenvalue weighted by Gasteiger charge is 1.89. The van der Waals surface area contributed by atoms with Crippen LogP contribution in [0, 0.1) is 0 Å². The molecule has 5 heavy (non-hydrogen) atoms. The SMILES string of the molecule is C1=NC[N+]=C1. The zero-order chi connectivity index (χ0) is 3.54. The Bertz CT molecular complexity index is 63.0. The van der Waals surface area contributed by atoms with Gasteiger partial charge < -0.3 is 0 Å². The second-order valence-electron chi connectivity index (χ2n) is 0.805. The van der Waals surface area contributed by atoms with Crippen molar-refractivity contribution in [2.75, 3.05) is 6.67 Å². The van der Waals surface area contributed by atoms with Gasteiger partial charge in [0.15, 0.2) is 0 Å². The average molecular weight is 68.1 g/mol. The van der Waals surface area contributed by atoms with E-state index in [4.69, 9.17) is 0 Å². The van der Waals surface area contributed by atoms with Crippen LogP contribution in [0.4, 0.5) is 0 Å². The van der Waals surface area contributed by atoms with Gasteiger partial charge in [0.1, 0.15) is 0 Å². The van der Waals surface area contributed by atoms with Crippen molar-refractivity contribution in [3.8, 4) is 0 Å². The molecule has 0 atom stereocenters. The van der Waals surface area contributed by atoms with Gasteiger partial charge in [0.05, 0.1) is 6.21 Å². The molecule has 0 fully saturated rings. The van der Waals surface area contributed by atoms with Crippen LogP contribution in [0.5, 0.6) is 0 Å². The highest BCUT2D eigenvalue weighted by molar-refractivity contribution is 6.16. The smallest absolute Gasteiger partial charge is 0.216 e. The van der Waals surface area contributed by atoms with Crippen molar-refractivity contribution in [3.05, 3.63) is 0 Å². The van der Waals surface area contributed by atoms with Gasteiger partial charge in [-0.05, 0) is 0 Å². The molecular weight excluding hydrogens is 64.0 g/mol. The molecule has 0 spiro atoms. The first-order valence-corrected chi connectivity index (χ1v) is 1.48. The van der Waals surface area contributed by atoms with Gasteiger partial charge in [-0.25, -0.2) is 4.99 Å². The van der Waals surface area contributed by atoms with Crippen LogP contribution in [0.25, 0.3) is 0 Å². The van der Waals surface area contributed by atoms with E-state index in [1.54, 1.807) is 12.4 Å². The van der Waals surface area contributed by atoms with E-state index in [0.29, 0.717) is 6.67 Å². The molecule has 0 bridgehead atoms. The van der Waals surface area contributed by atoms with Crippen molar-refractivity contribution in [1.29, 1.82) is 0 Å². The normalized spacial score (nSPS) is 17.6. The van der Waals surface area contributed by atoms with Gasteiger partial charge in [0, 0.05) is 4.99 Å². The fourth-order valence-electron chi connectivity index (χ4n) is 0.236. The topological polar surface area (TPSA) is 26.5 Å². The number of hydrogen-bond acceptors (Lipinski definition) is 2. The van der Waals surface area contributed by atoms with Crippen molar-refractivity contribution >= 4 is 12.4 Å². The molecule has 1 radical (unpaired) electrons. The first kappa shape index (κ1) is 2.57. The summed E-state index contributed by atoms with van der Waals surface area (Å²) in [7, 11) is 0. The highest BCUT2D eigenvalue weighted by atomic mass is 14.9. The Morgan fingerprint density at radius 1 is 1.80 bits per heavy atom. The molecule has 0 aromatic rings. The molecule has 1 aliphatic heterocycles. The number of hydrogen-bond donors (Lipinski definition) is 0. The summed E-state index contributed by atoms with van der Waals surface area (Å²) >= 11 is 0. The van der Waals surface area contributed by atoms with E-state index in [1.807, 2.05) is 0 Å². The highest BCUT2D eigenvalue weighted by Crippen LogP contribution is 1.60. The molecule has 0 saturated heterocycles. The minimum atomic E-state index is 0.639. The summed E-state index contributed by atoms with van der Waals surface area (Å²) in [6.45, 7) is 0.639.